The van der Waals surface area contributed by atoms with Gasteiger partial charge in [-0.1, -0.05) is 13.8 Å². The Bertz CT molecular complexity index is 407. The first-order valence-electron chi connectivity index (χ1n) is 5.60. The summed E-state index contributed by atoms with van der Waals surface area (Å²) in [6.45, 7) is 3.80. The van der Waals surface area contributed by atoms with Crippen molar-refractivity contribution in [2.45, 2.75) is 20.0 Å². The number of hydrogen-bond acceptors (Lipinski definition) is 2. The average Bonchev–Trinajstić information content (AvgIpc) is 2.28. The molecule has 0 aliphatic rings. The molecular weight excluding hydrogens is 243 g/mol. The number of ether oxygens (including phenoxy) is 1. The van der Waals surface area contributed by atoms with Crippen molar-refractivity contribution in [3.8, 4) is 5.75 Å². The standard InChI is InChI=1S/C13H16F3NO/c1-9(2)8-17-12(13(14,15)16)10-4-6-11(18-3)7-5-10/h4-7,9H,8H2,1-3H3. The van der Waals surface area contributed by atoms with Gasteiger partial charge in [0.2, 0.25) is 0 Å². The van der Waals surface area contributed by atoms with E-state index in [-0.39, 0.29) is 18.0 Å². The molecule has 0 saturated heterocycles. The third-order valence-corrected chi connectivity index (χ3v) is 2.25. The normalized spacial score (nSPS) is 12.9. The number of benzene rings is 1. The molecular formula is C13H16F3NO. The molecule has 0 atom stereocenters. The third-order valence-electron chi connectivity index (χ3n) is 2.25. The molecule has 5 heteroatoms. The highest BCUT2D eigenvalue weighted by molar-refractivity contribution is 6.04. The molecule has 0 saturated carbocycles. The molecule has 0 aliphatic heterocycles. The van der Waals surface area contributed by atoms with Crippen molar-refractivity contribution in [1.29, 1.82) is 0 Å². The van der Waals surface area contributed by atoms with Crippen molar-refractivity contribution in [2.24, 2.45) is 10.9 Å². The molecule has 2 nitrogen and oxygen atoms in total. The van der Waals surface area contributed by atoms with E-state index < -0.39 is 11.9 Å². The Morgan fingerprint density at radius 2 is 1.78 bits per heavy atom. The highest BCUT2D eigenvalue weighted by Gasteiger charge is 2.36. The molecule has 1 rings (SSSR count). The molecule has 0 amide bonds. The first-order valence-corrected chi connectivity index (χ1v) is 5.60. The maximum absolute atomic E-state index is 12.9. The van der Waals surface area contributed by atoms with Crippen LogP contribution in [0.2, 0.25) is 0 Å². The fourth-order valence-electron chi connectivity index (χ4n) is 1.37. The number of hydrogen-bond donors (Lipinski definition) is 0. The zero-order valence-corrected chi connectivity index (χ0v) is 10.6. The highest BCUT2D eigenvalue weighted by Crippen LogP contribution is 2.24. The number of nitrogens with zero attached hydrogens (tertiary/aromatic N) is 1. The summed E-state index contributed by atoms with van der Waals surface area (Å²) in [5.74, 6) is 0.602. The van der Waals surface area contributed by atoms with Crippen LogP contribution in [0.3, 0.4) is 0 Å². The van der Waals surface area contributed by atoms with E-state index in [1.807, 2.05) is 13.8 Å². The van der Waals surface area contributed by atoms with Gasteiger partial charge in [-0.25, -0.2) is 0 Å². The van der Waals surface area contributed by atoms with E-state index in [1.54, 1.807) is 0 Å². The van der Waals surface area contributed by atoms with E-state index in [9.17, 15) is 13.2 Å². The van der Waals surface area contributed by atoms with Gasteiger partial charge in [0, 0.05) is 12.1 Å². The quantitative estimate of drug-likeness (QED) is 0.755. The van der Waals surface area contributed by atoms with Gasteiger partial charge in [0.1, 0.15) is 11.5 Å². The van der Waals surface area contributed by atoms with E-state index in [1.165, 1.54) is 31.4 Å². The number of alkyl halides is 3. The van der Waals surface area contributed by atoms with Crippen LogP contribution < -0.4 is 4.74 Å². The largest absolute Gasteiger partial charge is 0.497 e. The lowest BCUT2D eigenvalue weighted by atomic mass is 10.1. The molecule has 0 spiro atoms. The summed E-state index contributed by atoms with van der Waals surface area (Å²) in [5.41, 5.74) is -0.775. The predicted octanol–water partition coefficient (Wildman–Crippen LogP) is 3.70. The molecule has 0 N–H and O–H groups in total. The lowest BCUT2D eigenvalue weighted by Crippen LogP contribution is -2.25. The highest BCUT2D eigenvalue weighted by atomic mass is 19.4. The average molecular weight is 259 g/mol. The lowest BCUT2D eigenvalue weighted by Gasteiger charge is -2.12. The predicted molar refractivity (Wildman–Crippen MR) is 65.3 cm³/mol. The van der Waals surface area contributed by atoms with Gasteiger partial charge >= 0.3 is 6.18 Å². The minimum atomic E-state index is -4.44. The molecule has 0 bridgehead atoms. The summed E-state index contributed by atoms with van der Waals surface area (Å²) < 4.78 is 43.5. The van der Waals surface area contributed by atoms with Crippen molar-refractivity contribution in [1.82, 2.24) is 0 Å². The van der Waals surface area contributed by atoms with Crippen LogP contribution in [-0.4, -0.2) is 25.5 Å². The molecule has 1 aromatic carbocycles. The van der Waals surface area contributed by atoms with E-state index in [0.717, 1.165) is 0 Å². The van der Waals surface area contributed by atoms with Crippen LogP contribution in [0.25, 0.3) is 0 Å². The van der Waals surface area contributed by atoms with Crippen molar-refractivity contribution in [3.63, 3.8) is 0 Å². The van der Waals surface area contributed by atoms with Crippen molar-refractivity contribution in [3.05, 3.63) is 29.8 Å². The first-order chi connectivity index (χ1) is 8.34. The maximum atomic E-state index is 12.9. The lowest BCUT2D eigenvalue weighted by molar-refractivity contribution is -0.0582. The zero-order valence-electron chi connectivity index (χ0n) is 10.6. The number of halogens is 3. The minimum Gasteiger partial charge on any atom is -0.497 e. The van der Waals surface area contributed by atoms with Crippen LogP contribution in [0.5, 0.6) is 5.75 Å². The molecule has 0 fully saturated rings. The summed E-state index contributed by atoms with van der Waals surface area (Å²) in [4.78, 5) is 3.67. The van der Waals surface area contributed by atoms with Gasteiger partial charge in [-0.3, -0.25) is 4.99 Å². The number of aliphatic imine (C=N–C) groups is 1. The summed E-state index contributed by atoms with van der Waals surface area (Å²) in [6.07, 6.45) is -4.44. The Balaban J connectivity index is 3.06. The molecule has 18 heavy (non-hydrogen) atoms. The van der Waals surface area contributed by atoms with E-state index >= 15 is 0 Å². The number of methoxy groups -OCH3 is 1. The van der Waals surface area contributed by atoms with E-state index in [4.69, 9.17) is 4.74 Å². The zero-order chi connectivity index (χ0) is 13.8. The Kier molecular flexibility index (Phi) is 4.76. The van der Waals surface area contributed by atoms with Gasteiger partial charge in [-0.15, -0.1) is 0 Å². The van der Waals surface area contributed by atoms with Gasteiger partial charge in [0.05, 0.1) is 7.11 Å². The maximum Gasteiger partial charge on any atom is 0.433 e. The monoisotopic (exact) mass is 259 g/mol. The summed E-state index contributed by atoms with van der Waals surface area (Å²) in [5, 5.41) is 0. The van der Waals surface area contributed by atoms with Gasteiger partial charge < -0.3 is 4.74 Å². The van der Waals surface area contributed by atoms with Crippen LogP contribution in [0, 0.1) is 5.92 Å². The minimum absolute atomic E-state index is 0.0592. The SMILES string of the molecule is COc1ccc(C(=NCC(C)C)C(F)(F)F)cc1. The first kappa shape index (κ1) is 14.5. The van der Waals surface area contributed by atoms with Gasteiger partial charge in [-0.05, 0) is 30.2 Å². The molecule has 0 radical (unpaired) electrons. The van der Waals surface area contributed by atoms with Crippen LogP contribution in [0.15, 0.2) is 29.3 Å². The Morgan fingerprint density at radius 1 is 1.22 bits per heavy atom. The fourth-order valence-corrected chi connectivity index (χ4v) is 1.37. The second kappa shape index (κ2) is 5.89. The van der Waals surface area contributed by atoms with Crippen molar-refractivity contribution >= 4 is 5.71 Å². The van der Waals surface area contributed by atoms with Gasteiger partial charge in [-0.2, -0.15) is 13.2 Å². The smallest absolute Gasteiger partial charge is 0.433 e. The van der Waals surface area contributed by atoms with Crippen LogP contribution in [-0.2, 0) is 0 Å². The molecule has 100 valence electrons. The second-order valence-electron chi connectivity index (χ2n) is 4.31. The van der Waals surface area contributed by atoms with Gasteiger partial charge in [0.15, 0.2) is 0 Å². The second-order valence-corrected chi connectivity index (χ2v) is 4.31. The Labute approximate surface area is 104 Å². The molecule has 1 aromatic rings. The number of rotatable bonds is 4. The van der Waals surface area contributed by atoms with Crippen LogP contribution in [0.4, 0.5) is 13.2 Å². The Morgan fingerprint density at radius 3 is 2.17 bits per heavy atom. The molecule has 0 unspecified atom stereocenters. The molecule has 0 aliphatic carbocycles. The summed E-state index contributed by atoms with van der Waals surface area (Å²) >= 11 is 0. The van der Waals surface area contributed by atoms with E-state index in [2.05, 4.69) is 4.99 Å². The summed E-state index contributed by atoms with van der Waals surface area (Å²) in [7, 11) is 1.46. The van der Waals surface area contributed by atoms with Crippen LogP contribution >= 0.6 is 0 Å². The van der Waals surface area contributed by atoms with Crippen molar-refractivity contribution < 1.29 is 17.9 Å². The van der Waals surface area contributed by atoms with Gasteiger partial charge in [0.25, 0.3) is 0 Å². The third kappa shape index (κ3) is 4.05. The summed E-state index contributed by atoms with van der Waals surface area (Å²) in [6, 6.07) is 5.72. The molecule has 0 aromatic heterocycles. The van der Waals surface area contributed by atoms with Crippen molar-refractivity contribution in [2.75, 3.05) is 13.7 Å². The Hall–Kier alpha value is -1.52. The fraction of sp³-hybridized carbons (Fsp3) is 0.462. The van der Waals surface area contributed by atoms with E-state index in [0.29, 0.717) is 5.75 Å². The molecule has 0 heterocycles. The topological polar surface area (TPSA) is 21.6 Å². The van der Waals surface area contributed by atoms with Crippen LogP contribution in [0.1, 0.15) is 19.4 Å².